The molecule has 0 spiro atoms. The number of carboxylic acids is 1. The molecule has 0 aromatic carbocycles. The zero-order valence-corrected chi connectivity index (χ0v) is 7.37. The van der Waals surface area contributed by atoms with Crippen LogP contribution >= 0.6 is 7.60 Å². The molecule has 76 valence electrons. The number of halogens is 1. The van der Waals surface area contributed by atoms with Crippen LogP contribution in [0.5, 0.6) is 0 Å². The fourth-order valence-corrected chi connectivity index (χ4v) is 2.24. The van der Waals surface area contributed by atoms with Crippen LogP contribution in [0, 0.1) is 0 Å². The van der Waals surface area contributed by atoms with E-state index in [2.05, 4.69) is 0 Å². The fraction of sp³-hybridized carbons (Fsp3) is 0.800. The number of hydrogen-bond donors (Lipinski definition) is 4. The van der Waals surface area contributed by atoms with Crippen LogP contribution in [0.1, 0.15) is 6.42 Å². The highest BCUT2D eigenvalue weighted by atomic mass is 31.2. The van der Waals surface area contributed by atoms with Crippen LogP contribution in [0.3, 0.4) is 0 Å². The monoisotopic (exact) mass is 213 g/mol. The molecule has 5 N–H and O–H groups in total. The molecule has 2 atom stereocenters. The minimum atomic E-state index is -4.56. The minimum Gasteiger partial charge on any atom is -0.480 e. The summed E-state index contributed by atoms with van der Waals surface area (Å²) in [6.45, 7) is 0. The van der Waals surface area contributed by atoms with Gasteiger partial charge in [-0.3, -0.25) is 9.36 Å². The predicted octanol–water partition coefficient (Wildman–Crippen LogP) is -0.942. The number of carbonyl (C=O) groups is 1. The topological polar surface area (TPSA) is 121 Å². The maximum atomic E-state index is 13.3. The summed E-state index contributed by atoms with van der Waals surface area (Å²) >= 11 is 0. The first kappa shape index (κ1) is 10.6. The lowest BCUT2D eigenvalue weighted by Crippen LogP contribution is -2.42. The molecule has 0 saturated heterocycles. The van der Waals surface area contributed by atoms with Crippen molar-refractivity contribution in [3.8, 4) is 0 Å². The van der Waals surface area contributed by atoms with E-state index in [1.807, 2.05) is 0 Å². The van der Waals surface area contributed by atoms with E-state index in [4.69, 9.17) is 20.6 Å². The maximum Gasteiger partial charge on any atom is 0.328 e. The van der Waals surface area contributed by atoms with Gasteiger partial charge in [0, 0.05) is 6.42 Å². The normalized spacial score (nSPS) is 38.8. The molecule has 1 saturated carbocycles. The molecule has 0 bridgehead atoms. The standard InChI is InChI=1S/C5H9FNO5P/c6-4(2-13(10,11)12)1-5(4,7)3(8)9/h1-2,7H2,(H,8,9)(H2,10,11,12)/t4-,5-/m1/s1. The molecule has 0 unspecified atom stereocenters. The molecule has 8 heteroatoms. The summed E-state index contributed by atoms with van der Waals surface area (Å²) in [6, 6.07) is 0. The van der Waals surface area contributed by atoms with E-state index in [1.54, 1.807) is 0 Å². The number of rotatable bonds is 3. The highest BCUT2D eigenvalue weighted by molar-refractivity contribution is 7.51. The van der Waals surface area contributed by atoms with Crippen molar-refractivity contribution >= 4 is 13.6 Å². The first-order chi connectivity index (χ1) is 5.61. The van der Waals surface area contributed by atoms with Crippen molar-refractivity contribution < 1.29 is 28.6 Å². The van der Waals surface area contributed by atoms with E-state index in [-0.39, 0.29) is 0 Å². The largest absolute Gasteiger partial charge is 0.480 e. The summed E-state index contributed by atoms with van der Waals surface area (Å²) in [5.41, 5.74) is 0.452. The van der Waals surface area contributed by atoms with Gasteiger partial charge in [-0.15, -0.1) is 0 Å². The van der Waals surface area contributed by atoms with Crippen molar-refractivity contribution in [2.24, 2.45) is 5.73 Å². The second-order valence-electron chi connectivity index (χ2n) is 3.24. The molecule has 1 aliphatic carbocycles. The Morgan fingerprint density at radius 3 is 2.31 bits per heavy atom. The molecule has 0 aromatic rings. The van der Waals surface area contributed by atoms with Crippen molar-refractivity contribution in [1.82, 2.24) is 0 Å². The van der Waals surface area contributed by atoms with Crippen LogP contribution in [-0.4, -0.2) is 38.2 Å². The van der Waals surface area contributed by atoms with E-state index < -0.39 is 37.4 Å². The van der Waals surface area contributed by atoms with Crippen molar-refractivity contribution in [1.29, 1.82) is 0 Å². The molecular weight excluding hydrogens is 204 g/mol. The van der Waals surface area contributed by atoms with E-state index in [9.17, 15) is 13.8 Å². The van der Waals surface area contributed by atoms with Crippen LogP contribution < -0.4 is 5.73 Å². The van der Waals surface area contributed by atoms with Crippen molar-refractivity contribution in [3.05, 3.63) is 0 Å². The van der Waals surface area contributed by atoms with E-state index in [0.717, 1.165) is 0 Å². The molecule has 0 radical (unpaired) electrons. The van der Waals surface area contributed by atoms with Crippen LogP contribution in [0.4, 0.5) is 4.39 Å². The van der Waals surface area contributed by atoms with Gasteiger partial charge in [-0.2, -0.15) is 0 Å². The van der Waals surface area contributed by atoms with E-state index in [1.165, 1.54) is 0 Å². The summed E-state index contributed by atoms with van der Waals surface area (Å²) in [5, 5.41) is 8.43. The second kappa shape index (κ2) is 2.51. The molecular formula is C5H9FNO5P. The molecule has 13 heavy (non-hydrogen) atoms. The Kier molecular flexibility index (Phi) is 2.04. The number of nitrogens with two attached hydrogens (primary N) is 1. The average Bonchev–Trinajstić information content (AvgIpc) is 2.30. The zero-order chi connectivity index (χ0) is 10.5. The number of carboxylic acid groups (broad SMARTS) is 1. The van der Waals surface area contributed by atoms with Gasteiger partial charge >= 0.3 is 13.6 Å². The van der Waals surface area contributed by atoms with Gasteiger partial charge < -0.3 is 20.6 Å². The van der Waals surface area contributed by atoms with Gasteiger partial charge in [0.25, 0.3) is 0 Å². The molecule has 0 heterocycles. The molecule has 1 fully saturated rings. The molecule has 0 aromatic heterocycles. The smallest absolute Gasteiger partial charge is 0.328 e. The quantitative estimate of drug-likeness (QED) is 0.449. The van der Waals surface area contributed by atoms with Crippen LogP contribution in [0.25, 0.3) is 0 Å². The third-order valence-electron chi connectivity index (χ3n) is 2.07. The van der Waals surface area contributed by atoms with Crippen LogP contribution in [-0.2, 0) is 9.36 Å². The van der Waals surface area contributed by atoms with Crippen LogP contribution in [0.15, 0.2) is 0 Å². The van der Waals surface area contributed by atoms with Gasteiger partial charge in [0.1, 0.15) is 0 Å². The fourth-order valence-electron chi connectivity index (χ4n) is 1.19. The maximum absolute atomic E-state index is 13.3. The minimum absolute atomic E-state index is 0.555. The lowest BCUT2D eigenvalue weighted by atomic mass is 10.2. The summed E-state index contributed by atoms with van der Waals surface area (Å²) in [4.78, 5) is 27.2. The van der Waals surface area contributed by atoms with Crippen molar-refractivity contribution in [2.75, 3.05) is 6.16 Å². The molecule has 1 aliphatic rings. The van der Waals surface area contributed by atoms with Crippen LogP contribution in [0.2, 0.25) is 0 Å². The first-order valence-corrected chi connectivity index (χ1v) is 5.16. The Hall–Kier alpha value is -0.490. The lowest BCUT2D eigenvalue weighted by molar-refractivity contribution is -0.140. The third-order valence-corrected chi connectivity index (χ3v) is 2.98. The molecule has 0 amide bonds. The second-order valence-corrected chi connectivity index (χ2v) is 4.89. The van der Waals surface area contributed by atoms with Gasteiger partial charge in [-0.25, -0.2) is 4.39 Å². The molecule has 1 rings (SSSR count). The van der Waals surface area contributed by atoms with Gasteiger partial charge in [0.2, 0.25) is 0 Å². The molecule has 6 nitrogen and oxygen atoms in total. The van der Waals surface area contributed by atoms with Crippen molar-refractivity contribution in [2.45, 2.75) is 17.6 Å². The lowest BCUT2D eigenvalue weighted by Gasteiger charge is -2.11. The Morgan fingerprint density at radius 1 is 1.62 bits per heavy atom. The van der Waals surface area contributed by atoms with Gasteiger partial charge in [-0.05, 0) is 0 Å². The van der Waals surface area contributed by atoms with Crippen molar-refractivity contribution in [3.63, 3.8) is 0 Å². The Morgan fingerprint density at radius 2 is 2.08 bits per heavy atom. The number of hydrogen-bond acceptors (Lipinski definition) is 3. The Labute approximate surface area is 72.7 Å². The number of alkyl halides is 1. The van der Waals surface area contributed by atoms with Gasteiger partial charge in [0.15, 0.2) is 11.2 Å². The average molecular weight is 213 g/mol. The Bertz CT molecular complexity index is 303. The predicted molar refractivity (Wildman–Crippen MR) is 39.9 cm³/mol. The SMILES string of the molecule is N[C@@]1(C(=O)O)C[C@@]1(F)CP(=O)(O)O. The summed E-state index contributed by atoms with van der Waals surface area (Å²) < 4.78 is 23.7. The van der Waals surface area contributed by atoms with Gasteiger partial charge in [-0.1, -0.05) is 0 Å². The highest BCUT2D eigenvalue weighted by Crippen LogP contribution is 2.56. The zero-order valence-electron chi connectivity index (χ0n) is 6.47. The van der Waals surface area contributed by atoms with E-state index in [0.29, 0.717) is 0 Å². The highest BCUT2D eigenvalue weighted by Gasteiger charge is 2.74. The summed E-state index contributed by atoms with van der Waals surface area (Å²) in [7, 11) is -4.56. The van der Waals surface area contributed by atoms with Gasteiger partial charge in [0.05, 0.1) is 6.16 Å². The Balaban J connectivity index is 2.76. The molecule has 0 aliphatic heterocycles. The summed E-state index contributed by atoms with van der Waals surface area (Å²) in [6.07, 6.45) is -1.69. The van der Waals surface area contributed by atoms with E-state index >= 15 is 0 Å². The third kappa shape index (κ3) is 1.73. The summed E-state index contributed by atoms with van der Waals surface area (Å²) in [5.74, 6) is -1.58. The first-order valence-electron chi connectivity index (χ1n) is 3.36. The number of aliphatic carboxylic acids is 1.